The van der Waals surface area contributed by atoms with E-state index in [1.807, 2.05) is 4.72 Å². The number of fused-ring (bicyclic) bond motifs is 2. The van der Waals surface area contributed by atoms with Crippen LogP contribution < -0.4 is 24.4 Å². The molecule has 2 atom stereocenters. The van der Waals surface area contributed by atoms with Gasteiger partial charge >= 0.3 is 5.91 Å². The van der Waals surface area contributed by atoms with E-state index in [4.69, 9.17) is 34.8 Å². The first-order valence-corrected chi connectivity index (χ1v) is 16.4. The average molecular weight is 719 g/mol. The number of aromatic hydroxyl groups is 3. The van der Waals surface area contributed by atoms with Gasteiger partial charge in [0.25, 0.3) is 10.0 Å². The Morgan fingerprint density at radius 3 is 2.40 bits per heavy atom. The molecule has 0 aliphatic carbocycles. The van der Waals surface area contributed by atoms with E-state index in [2.05, 4.69) is 5.16 Å². The number of halogens is 1. The fourth-order valence-corrected chi connectivity index (χ4v) is 6.43. The molecule has 3 heterocycles. The second kappa shape index (κ2) is 12.4. The van der Waals surface area contributed by atoms with Gasteiger partial charge in [-0.15, -0.1) is 0 Å². The Morgan fingerprint density at radius 1 is 0.880 bits per heavy atom. The molecule has 16 heteroatoms. The molecule has 2 aromatic heterocycles. The van der Waals surface area contributed by atoms with E-state index in [0.29, 0.717) is 16.1 Å². The van der Waals surface area contributed by atoms with Crippen molar-refractivity contribution in [3.63, 3.8) is 0 Å². The van der Waals surface area contributed by atoms with Gasteiger partial charge in [0.15, 0.2) is 40.6 Å². The molecule has 0 bridgehead atoms. The first-order valence-electron chi connectivity index (χ1n) is 14.5. The van der Waals surface area contributed by atoms with E-state index in [0.717, 1.165) is 6.07 Å². The Morgan fingerprint density at radius 2 is 1.64 bits per heavy atom. The number of aromatic nitrogens is 1. The standard InChI is InChI=1S/C34H23ClN2O12S/c1-45-27-11-17(2-8-22(27)39)32-33(21-14-30(49-36-21)34(42)37-50(43,44)20-6-4-18(35)5-7-20)47-25-9-3-16(10-28(25)48-32)26-15-24(41)31-23(40)12-19(38)13-29(31)46-26/h2-15,32-33,38-40H,1H3,(H,37,42). The number of hydrogen-bond donors (Lipinski definition) is 4. The minimum absolute atomic E-state index is 0.0409. The van der Waals surface area contributed by atoms with Crippen LogP contribution in [0.1, 0.15) is 34.0 Å². The highest BCUT2D eigenvalue weighted by Crippen LogP contribution is 2.48. The molecule has 0 saturated carbocycles. The van der Waals surface area contributed by atoms with Gasteiger partial charge in [-0.2, -0.15) is 0 Å². The number of phenols is 3. The highest BCUT2D eigenvalue weighted by molar-refractivity contribution is 7.90. The molecule has 0 fully saturated rings. The molecule has 0 spiro atoms. The van der Waals surface area contributed by atoms with Gasteiger partial charge in [-0.1, -0.05) is 22.8 Å². The maximum absolute atomic E-state index is 13.0. The van der Waals surface area contributed by atoms with E-state index in [1.54, 1.807) is 24.3 Å². The molecule has 6 aromatic rings. The van der Waals surface area contributed by atoms with Crippen LogP contribution in [0.15, 0.2) is 104 Å². The van der Waals surface area contributed by atoms with Gasteiger partial charge in [0.05, 0.1) is 12.0 Å². The van der Waals surface area contributed by atoms with Crippen molar-refractivity contribution in [3.05, 3.63) is 117 Å². The van der Waals surface area contributed by atoms with Crippen molar-refractivity contribution in [3.8, 4) is 45.8 Å². The summed E-state index contributed by atoms with van der Waals surface area (Å²) < 4.78 is 56.6. The lowest BCUT2D eigenvalue weighted by molar-refractivity contribution is 0.0142. The van der Waals surface area contributed by atoms with E-state index < -0.39 is 45.1 Å². The zero-order valence-electron chi connectivity index (χ0n) is 25.5. The second-order valence-corrected chi connectivity index (χ2v) is 13.1. The number of nitrogens with one attached hydrogen (secondary N) is 1. The lowest BCUT2D eigenvalue weighted by atomic mass is 9.99. The maximum atomic E-state index is 13.0. The summed E-state index contributed by atoms with van der Waals surface area (Å²) in [6.45, 7) is 0. The molecule has 7 rings (SSSR count). The number of amides is 1. The normalized spacial score (nSPS) is 15.5. The van der Waals surface area contributed by atoms with E-state index in [9.17, 15) is 33.3 Å². The molecule has 4 aromatic carbocycles. The number of methoxy groups -OCH3 is 1. The van der Waals surface area contributed by atoms with Crippen molar-refractivity contribution < 1.29 is 51.7 Å². The largest absolute Gasteiger partial charge is 0.508 e. The molecular weight excluding hydrogens is 696 g/mol. The minimum Gasteiger partial charge on any atom is -0.508 e. The molecule has 2 unspecified atom stereocenters. The number of nitrogens with zero attached hydrogens (tertiary/aromatic N) is 1. The molecule has 1 aliphatic rings. The molecule has 0 radical (unpaired) electrons. The fraction of sp³-hybridized carbons (Fsp3) is 0.0882. The Bertz CT molecular complexity index is 2480. The predicted octanol–water partition coefficient (Wildman–Crippen LogP) is 5.60. The summed E-state index contributed by atoms with van der Waals surface area (Å²) in [5.41, 5.74) is 0.307. The van der Waals surface area contributed by atoms with Gasteiger partial charge in [-0.05, 0) is 54.6 Å². The van der Waals surface area contributed by atoms with Crippen molar-refractivity contribution in [1.29, 1.82) is 0 Å². The average Bonchev–Trinajstić information content (AvgIpc) is 3.58. The van der Waals surface area contributed by atoms with Gasteiger partial charge in [0.2, 0.25) is 5.76 Å². The zero-order chi connectivity index (χ0) is 35.3. The molecular formula is C34H23ClN2O12S. The van der Waals surface area contributed by atoms with E-state index in [1.165, 1.54) is 61.7 Å². The van der Waals surface area contributed by atoms with Gasteiger partial charge in [-0.25, -0.2) is 13.1 Å². The molecule has 50 heavy (non-hydrogen) atoms. The minimum atomic E-state index is -4.28. The van der Waals surface area contributed by atoms with Crippen LogP contribution in [0.25, 0.3) is 22.3 Å². The van der Waals surface area contributed by atoms with Gasteiger partial charge in [0.1, 0.15) is 33.9 Å². The topological polar surface area (TPSA) is 208 Å². The SMILES string of the molecule is COc1cc(C2Oc3cc(-c4cc(=O)c5c(O)cc(O)cc5o4)ccc3OC2c2cc(C(=O)NS(=O)(=O)c3ccc(Cl)cc3)on2)ccc1O. The third kappa shape index (κ3) is 5.99. The van der Waals surface area contributed by atoms with Crippen LogP contribution in [0.2, 0.25) is 5.02 Å². The Labute approximate surface area is 286 Å². The summed E-state index contributed by atoms with van der Waals surface area (Å²) in [5.74, 6) is -1.76. The number of carbonyl (C=O) groups is 1. The number of ether oxygens (including phenoxy) is 3. The molecule has 1 aliphatic heterocycles. The third-order valence-corrected chi connectivity index (χ3v) is 9.33. The number of rotatable bonds is 7. The van der Waals surface area contributed by atoms with Gasteiger partial charge < -0.3 is 38.5 Å². The van der Waals surface area contributed by atoms with E-state index >= 15 is 0 Å². The number of benzene rings is 4. The smallest absolute Gasteiger partial charge is 0.303 e. The van der Waals surface area contributed by atoms with Crippen molar-refractivity contribution in [2.75, 3.05) is 7.11 Å². The highest BCUT2D eigenvalue weighted by Gasteiger charge is 2.38. The predicted molar refractivity (Wildman–Crippen MR) is 175 cm³/mol. The maximum Gasteiger partial charge on any atom is 0.303 e. The van der Waals surface area contributed by atoms with Crippen molar-refractivity contribution in [2.45, 2.75) is 17.1 Å². The summed E-state index contributed by atoms with van der Waals surface area (Å²) in [6.07, 6.45) is -2.09. The Balaban J connectivity index is 1.24. The van der Waals surface area contributed by atoms with Crippen molar-refractivity contribution in [2.24, 2.45) is 0 Å². The van der Waals surface area contributed by atoms with Crippen molar-refractivity contribution >= 4 is 38.5 Å². The zero-order valence-corrected chi connectivity index (χ0v) is 27.1. The molecule has 4 N–H and O–H groups in total. The Hall–Kier alpha value is -6.19. The first kappa shape index (κ1) is 32.4. The van der Waals surface area contributed by atoms with Crippen LogP contribution in [0.5, 0.6) is 34.5 Å². The van der Waals surface area contributed by atoms with Crippen LogP contribution in [0.3, 0.4) is 0 Å². The number of sulfonamides is 1. The quantitative estimate of drug-likeness (QED) is 0.159. The number of hydrogen-bond acceptors (Lipinski definition) is 13. The summed E-state index contributed by atoms with van der Waals surface area (Å²) in [5, 5.41) is 34.5. The van der Waals surface area contributed by atoms with Crippen LogP contribution in [0, 0.1) is 0 Å². The second-order valence-electron chi connectivity index (χ2n) is 11.0. The molecule has 1 amide bonds. The highest BCUT2D eigenvalue weighted by atomic mass is 35.5. The Kier molecular flexibility index (Phi) is 8.00. The molecule has 0 saturated heterocycles. The summed E-state index contributed by atoms with van der Waals surface area (Å²) >= 11 is 5.84. The molecule has 14 nitrogen and oxygen atoms in total. The summed E-state index contributed by atoms with van der Waals surface area (Å²) in [7, 11) is -2.91. The monoisotopic (exact) mass is 718 g/mol. The van der Waals surface area contributed by atoms with Crippen LogP contribution >= 0.6 is 11.6 Å². The van der Waals surface area contributed by atoms with Gasteiger partial charge in [-0.3, -0.25) is 9.59 Å². The van der Waals surface area contributed by atoms with Gasteiger partial charge in [0, 0.05) is 40.4 Å². The van der Waals surface area contributed by atoms with Crippen LogP contribution in [-0.2, 0) is 10.0 Å². The molecule has 254 valence electrons. The summed E-state index contributed by atoms with van der Waals surface area (Å²) in [4.78, 5) is 25.6. The summed E-state index contributed by atoms with van der Waals surface area (Å²) in [6, 6.07) is 19.0. The van der Waals surface area contributed by atoms with Crippen LogP contribution in [0.4, 0.5) is 0 Å². The third-order valence-electron chi connectivity index (χ3n) is 7.73. The first-order chi connectivity index (χ1) is 23.9. The number of phenolic OH excluding ortho intramolecular Hbond substituents is 3. The number of carbonyl (C=O) groups excluding carboxylic acids is 1. The van der Waals surface area contributed by atoms with Crippen LogP contribution in [-0.4, -0.2) is 41.9 Å². The van der Waals surface area contributed by atoms with Crippen molar-refractivity contribution in [1.82, 2.24) is 9.88 Å². The fourth-order valence-electron chi connectivity index (χ4n) is 5.35. The van der Waals surface area contributed by atoms with E-state index in [-0.39, 0.29) is 56.1 Å². The lowest BCUT2D eigenvalue weighted by Crippen LogP contribution is -2.30. The lowest BCUT2D eigenvalue weighted by Gasteiger charge is -2.33.